The molecule has 0 atom stereocenters. The van der Waals surface area contributed by atoms with Crippen LogP contribution in [0.2, 0.25) is 0 Å². The van der Waals surface area contributed by atoms with Crippen molar-refractivity contribution in [2.45, 2.75) is 0 Å². The topological polar surface area (TPSA) is 13.1 Å². The Labute approximate surface area is 828 Å². The fourth-order valence-electron chi connectivity index (χ4n) is 23.1. The zero-order valence-electron chi connectivity index (χ0n) is 78.4. The first-order valence-electron chi connectivity index (χ1n) is 49.5. The average molecular weight is 1810 g/mol. The Morgan fingerprint density at radius 2 is 0.357 bits per heavy atom. The first kappa shape index (κ1) is 83.7. The van der Waals surface area contributed by atoms with Crippen LogP contribution in [0.1, 0.15) is 0 Å². The lowest BCUT2D eigenvalue weighted by atomic mass is 9.83. The highest BCUT2D eigenvalue weighted by Gasteiger charge is 2.26. The van der Waals surface area contributed by atoms with Crippen LogP contribution in [0, 0.1) is 0 Å². The number of hydrogen-bond acceptors (Lipinski definition) is 1. The first-order valence-corrected chi connectivity index (χ1v) is 49.5. The molecule has 29 aromatic rings. The standard InChI is InChI=1S/2C50H32.C42H26O/c1-3-13-38-30-41(26-22-33(38)10-1)49-45-17-7-8-18-46(45)50(42-27-23-34-11-2-4-14-39(34)31-42)48-32-40(28-29-47(48)49)35-20-24-37(25-21-35)44-19-9-15-36-12-5-6-16-43(36)44;1-2-14-35(15-3-1)41-28-29-42(44-19-9-8-18-43(41)44)38-26-27-47-48(32-38)50(40-25-23-34-13-5-7-17-37(34)31-40)46-21-11-10-20-45(46)49(47)39-24-22-33-12-4-6-16-36(33)30-39;1-2-13-28(14-3-1)40-33-17-6-7-18-34(33)41(32-21-10-15-27-12-4-5-16-30(27)32)35-25-24-29(26-37(35)40)31-20-11-23-39-42(31)36-19-8-9-22-38(36)43-39/h2*1-32H;1-26H. The van der Waals surface area contributed by atoms with E-state index >= 15 is 0 Å². The van der Waals surface area contributed by atoms with E-state index in [1.54, 1.807) is 0 Å². The maximum Gasteiger partial charge on any atom is 0.136 e. The molecule has 0 aliphatic carbocycles. The summed E-state index contributed by atoms with van der Waals surface area (Å²) in [7, 11) is 0. The number of fused-ring (bicyclic) bond motifs is 16. The summed E-state index contributed by atoms with van der Waals surface area (Å²) in [5, 5.41) is 35.0. The second-order valence-corrected chi connectivity index (χ2v) is 37.8. The van der Waals surface area contributed by atoms with Crippen molar-refractivity contribution < 1.29 is 4.42 Å². The van der Waals surface area contributed by atoms with Gasteiger partial charge in [-0.15, -0.1) is 0 Å². The summed E-state index contributed by atoms with van der Waals surface area (Å²) in [6.45, 7) is 0. The molecule has 29 rings (SSSR count). The van der Waals surface area contributed by atoms with E-state index in [0.717, 1.165) is 21.9 Å². The van der Waals surface area contributed by atoms with Crippen LogP contribution in [0.5, 0.6) is 0 Å². The van der Waals surface area contributed by atoms with Crippen molar-refractivity contribution in [3.8, 4) is 122 Å². The summed E-state index contributed by atoms with van der Waals surface area (Å²) in [5.74, 6) is 0. The Bertz CT molecular complexity index is 10200. The lowest BCUT2D eigenvalue weighted by molar-refractivity contribution is 0.669. The number of furan rings is 1. The average Bonchev–Trinajstić information content (AvgIpc) is 0.987. The molecule has 664 valence electrons. The van der Waals surface area contributed by atoms with Gasteiger partial charge in [-0.3, -0.25) is 0 Å². The fourth-order valence-corrected chi connectivity index (χ4v) is 23.1. The highest BCUT2D eigenvalue weighted by atomic mass is 16.3. The van der Waals surface area contributed by atoms with E-state index in [-0.39, 0.29) is 0 Å². The molecule has 0 saturated carbocycles. The quantitative estimate of drug-likeness (QED) is 0.118. The van der Waals surface area contributed by atoms with E-state index in [9.17, 15) is 0 Å². The number of para-hydroxylation sites is 1. The molecule has 0 aliphatic rings. The molecule has 0 bridgehead atoms. The minimum atomic E-state index is 0.914. The number of hydrogen-bond donors (Lipinski definition) is 0. The molecular weight excluding hydrogens is 1720 g/mol. The maximum absolute atomic E-state index is 6.27. The van der Waals surface area contributed by atoms with Crippen LogP contribution in [0.25, 0.3) is 284 Å². The highest BCUT2D eigenvalue weighted by molar-refractivity contribution is 6.28. The summed E-state index contributed by atoms with van der Waals surface area (Å²) < 4.78 is 6.27. The van der Waals surface area contributed by atoms with E-state index in [1.165, 1.54) is 262 Å². The molecule has 0 unspecified atom stereocenters. The van der Waals surface area contributed by atoms with E-state index in [0.29, 0.717) is 0 Å². The monoisotopic (exact) mass is 1810 g/mol. The van der Waals surface area contributed by atoms with Crippen molar-refractivity contribution in [3.63, 3.8) is 0 Å². The zero-order chi connectivity index (χ0) is 94.4. The van der Waals surface area contributed by atoms with Crippen molar-refractivity contribution in [1.82, 2.24) is 0 Å². The van der Waals surface area contributed by atoms with Crippen molar-refractivity contribution in [1.29, 1.82) is 0 Å². The van der Waals surface area contributed by atoms with Crippen LogP contribution in [-0.4, -0.2) is 0 Å². The largest absolute Gasteiger partial charge is 0.456 e. The van der Waals surface area contributed by atoms with Crippen molar-refractivity contribution in [3.05, 3.63) is 546 Å². The summed E-state index contributed by atoms with van der Waals surface area (Å²) in [6.07, 6.45) is 0. The second kappa shape index (κ2) is 35.4. The smallest absolute Gasteiger partial charge is 0.136 e. The molecular formula is C142H90O. The highest BCUT2D eigenvalue weighted by Crippen LogP contribution is 2.53. The maximum atomic E-state index is 6.27. The Balaban J connectivity index is 0.000000107. The minimum Gasteiger partial charge on any atom is -0.456 e. The molecule has 0 saturated heterocycles. The van der Waals surface area contributed by atoms with Gasteiger partial charge in [-0.25, -0.2) is 0 Å². The SMILES string of the molecule is c1ccc(-c2c3ccccc3c(-c3cccc4ccccc34)c3ccc(-c4cccc5oc6ccccc6c45)cc23)cc1.c1ccc(-c2ccc(-c3ccc4c(-c5ccc6ccccc6c5)c5ccccc5c(-c5ccc6ccccc6c5)c4c3)c3ccccc23)cc1.c1ccc2cc(-c3c4ccccc4c(-c4ccc5ccccc5c4)c4cc(-c5ccc(-c6cccc7ccccc67)cc5)ccc34)ccc2c1. The van der Waals surface area contributed by atoms with E-state index < -0.39 is 0 Å². The van der Waals surface area contributed by atoms with E-state index in [1.807, 2.05) is 6.07 Å². The number of benzene rings is 28. The molecule has 0 amide bonds. The lowest BCUT2D eigenvalue weighted by Crippen LogP contribution is -1.92. The molecule has 1 aromatic heterocycles. The van der Waals surface area contributed by atoms with Gasteiger partial charge in [0.15, 0.2) is 0 Å². The molecule has 1 heterocycles. The second-order valence-electron chi connectivity index (χ2n) is 37.8. The van der Waals surface area contributed by atoms with Crippen molar-refractivity contribution in [2.24, 2.45) is 0 Å². The van der Waals surface area contributed by atoms with Gasteiger partial charge < -0.3 is 4.42 Å². The molecule has 1 nitrogen and oxygen atoms in total. The first-order chi connectivity index (χ1) is 70.9. The minimum absolute atomic E-state index is 0.914. The molecule has 1 heteroatoms. The Hall–Kier alpha value is -18.7. The molecule has 0 fully saturated rings. The summed E-state index contributed by atoms with van der Waals surface area (Å²) in [6, 6.07) is 200. The van der Waals surface area contributed by atoms with Crippen molar-refractivity contribution >= 4 is 162 Å². The Morgan fingerprint density at radius 1 is 0.0979 bits per heavy atom. The molecule has 0 N–H and O–H groups in total. The molecule has 0 aliphatic heterocycles. The van der Waals surface area contributed by atoms with E-state index in [4.69, 9.17) is 4.42 Å². The Morgan fingerprint density at radius 3 is 0.818 bits per heavy atom. The predicted molar refractivity (Wildman–Crippen MR) is 614 cm³/mol. The van der Waals surface area contributed by atoms with Crippen LogP contribution in [-0.2, 0) is 0 Å². The zero-order valence-corrected chi connectivity index (χ0v) is 78.4. The third-order valence-electron chi connectivity index (χ3n) is 29.7. The third-order valence-corrected chi connectivity index (χ3v) is 29.7. The van der Waals surface area contributed by atoms with Gasteiger partial charge in [0.1, 0.15) is 11.2 Å². The van der Waals surface area contributed by atoms with Gasteiger partial charge in [-0.2, -0.15) is 0 Å². The van der Waals surface area contributed by atoms with Crippen LogP contribution in [0.4, 0.5) is 0 Å². The summed E-state index contributed by atoms with van der Waals surface area (Å²) in [5.41, 5.74) is 29.1. The van der Waals surface area contributed by atoms with Crippen molar-refractivity contribution in [2.75, 3.05) is 0 Å². The van der Waals surface area contributed by atoms with Crippen LogP contribution >= 0.6 is 0 Å². The summed E-state index contributed by atoms with van der Waals surface area (Å²) >= 11 is 0. The van der Waals surface area contributed by atoms with Gasteiger partial charge >= 0.3 is 0 Å². The molecule has 0 radical (unpaired) electrons. The van der Waals surface area contributed by atoms with Gasteiger partial charge in [-0.05, 0) is 317 Å². The normalized spacial score (nSPS) is 11.6. The van der Waals surface area contributed by atoms with Crippen LogP contribution in [0.15, 0.2) is 550 Å². The number of rotatable bonds is 11. The third kappa shape index (κ3) is 14.8. The lowest BCUT2D eigenvalue weighted by Gasteiger charge is -2.20. The van der Waals surface area contributed by atoms with Gasteiger partial charge in [0.2, 0.25) is 0 Å². The molecule has 0 spiro atoms. The molecule has 143 heavy (non-hydrogen) atoms. The van der Waals surface area contributed by atoms with Gasteiger partial charge in [0, 0.05) is 10.8 Å². The van der Waals surface area contributed by atoms with Gasteiger partial charge in [-0.1, -0.05) is 491 Å². The van der Waals surface area contributed by atoms with E-state index in [2.05, 4.69) is 540 Å². The predicted octanol–water partition coefficient (Wildman–Crippen LogP) is 40.3. The van der Waals surface area contributed by atoms with Crippen LogP contribution in [0.3, 0.4) is 0 Å². The summed E-state index contributed by atoms with van der Waals surface area (Å²) in [4.78, 5) is 0. The molecule has 28 aromatic carbocycles. The van der Waals surface area contributed by atoms with Gasteiger partial charge in [0.25, 0.3) is 0 Å². The van der Waals surface area contributed by atoms with Crippen LogP contribution < -0.4 is 0 Å². The Kier molecular flexibility index (Phi) is 20.7. The fraction of sp³-hybridized carbons (Fsp3) is 0. The van der Waals surface area contributed by atoms with Gasteiger partial charge in [0.05, 0.1) is 0 Å².